The van der Waals surface area contributed by atoms with E-state index < -0.39 is 0 Å². The first-order valence-electron chi connectivity index (χ1n) is 9.31. The van der Waals surface area contributed by atoms with Gasteiger partial charge in [0.1, 0.15) is 12.4 Å². The molecule has 0 radical (unpaired) electrons. The number of ether oxygens (including phenoxy) is 1. The molecule has 0 aliphatic carbocycles. The van der Waals surface area contributed by atoms with Gasteiger partial charge in [-0.1, -0.05) is 54.2 Å². The summed E-state index contributed by atoms with van der Waals surface area (Å²) in [6.45, 7) is 0.523. The lowest BCUT2D eigenvalue weighted by Gasteiger charge is -2.08. The van der Waals surface area contributed by atoms with Crippen LogP contribution in [0, 0.1) is 0 Å². The molecule has 0 saturated carbocycles. The molecule has 0 saturated heterocycles. The Labute approximate surface area is 177 Å². The lowest BCUT2D eigenvalue weighted by atomic mass is 10.2. The molecule has 4 nitrogen and oxygen atoms in total. The van der Waals surface area contributed by atoms with Crippen LogP contribution < -0.4 is 10.1 Å². The number of thioether (sulfide) groups is 1. The maximum absolute atomic E-state index is 12.2. The number of benzene rings is 3. The van der Waals surface area contributed by atoms with E-state index in [4.69, 9.17) is 4.74 Å². The molecular weight excluding hydrogens is 400 g/mol. The molecule has 0 aliphatic heterocycles. The average molecular weight is 421 g/mol. The summed E-state index contributed by atoms with van der Waals surface area (Å²) in [7, 11) is 0. The van der Waals surface area contributed by atoms with Crippen molar-refractivity contribution in [3.63, 3.8) is 0 Å². The summed E-state index contributed by atoms with van der Waals surface area (Å²) in [4.78, 5) is 16.8. The molecule has 4 aromatic rings. The Balaban J connectivity index is 1.22. The van der Waals surface area contributed by atoms with Crippen LogP contribution in [0.5, 0.6) is 5.75 Å². The molecule has 29 heavy (non-hydrogen) atoms. The van der Waals surface area contributed by atoms with Crippen LogP contribution in [0.4, 0.5) is 5.69 Å². The zero-order valence-corrected chi connectivity index (χ0v) is 17.3. The van der Waals surface area contributed by atoms with Gasteiger partial charge >= 0.3 is 0 Å². The number of carbonyl (C=O) groups excluding carboxylic acids is 1. The van der Waals surface area contributed by atoms with Crippen molar-refractivity contribution in [2.75, 3.05) is 11.1 Å². The Morgan fingerprint density at radius 2 is 1.72 bits per heavy atom. The minimum Gasteiger partial charge on any atom is -0.489 e. The van der Waals surface area contributed by atoms with Crippen molar-refractivity contribution in [1.82, 2.24) is 4.98 Å². The lowest BCUT2D eigenvalue weighted by Crippen LogP contribution is -2.12. The molecule has 0 unspecified atom stereocenters. The van der Waals surface area contributed by atoms with Gasteiger partial charge in [0.2, 0.25) is 5.91 Å². The van der Waals surface area contributed by atoms with E-state index in [1.54, 1.807) is 23.1 Å². The number of nitrogens with one attached hydrogen (secondary N) is 1. The van der Waals surface area contributed by atoms with Crippen molar-refractivity contribution in [2.24, 2.45) is 0 Å². The number of carbonyl (C=O) groups is 1. The van der Waals surface area contributed by atoms with Gasteiger partial charge in [-0.15, -0.1) is 11.3 Å². The number of hydrogen-bond acceptors (Lipinski definition) is 5. The molecule has 1 heterocycles. The van der Waals surface area contributed by atoms with Gasteiger partial charge in [-0.25, -0.2) is 4.98 Å². The van der Waals surface area contributed by atoms with E-state index in [2.05, 4.69) is 16.4 Å². The van der Waals surface area contributed by atoms with Gasteiger partial charge < -0.3 is 10.1 Å². The molecule has 0 fully saturated rings. The number of fused-ring (bicyclic) bond motifs is 1. The van der Waals surface area contributed by atoms with Gasteiger partial charge in [0.05, 0.1) is 10.2 Å². The van der Waals surface area contributed by atoms with Crippen LogP contribution in [0.15, 0.2) is 83.2 Å². The van der Waals surface area contributed by atoms with Crippen molar-refractivity contribution in [3.05, 3.63) is 84.4 Å². The minimum absolute atomic E-state index is 0.00318. The van der Waals surface area contributed by atoms with E-state index in [0.717, 1.165) is 26.9 Å². The maximum Gasteiger partial charge on any atom is 0.225 e. The molecule has 0 aliphatic rings. The largest absolute Gasteiger partial charge is 0.489 e. The second kappa shape index (κ2) is 9.58. The number of anilines is 1. The van der Waals surface area contributed by atoms with Gasteiger partial charge in [0.25, 0.3) is 0 Å². The molecule has 0 atom stereocenters. The van der Waals surface area contributed by atoms with Crippen LogP contribution >= 0.6 is 23.1 Å². The number of aromatic nitrogens is 1. The highest BCUT2D eigenvalue weighted by Gasteiger charge is 2.07. The number of nitrogens with zero attached hydrogens (tertiary/aromatic N) is 1. The summed E-state index contributed by atoms with van der Waals surface area (Å²) >= 11 is 3.28. The monoisotopic (exact) mass is 420 g/mol. The highest BCUT2D eigenvalue weighted by Crippen LogP contribution is 2.29. The fourth-order valence-corrected chi connectivity index (χ4v) is 4.82. The Bertz CT molecular complexity index is 1050. The third-order valence-electron chi connectivity index (χ3n) is 4.22. The first-order valence-corrected chi connectivity index (χ1v) is 11.1. The van der Waals surface area contributed by atoms with E-state index in [9.17, 15) is 4.79 Å². The molecule has 0 bridgehead atoms. The molecule has 4 rings (SSSR count). The van der Waals surface area contributed by atoms with Crippen molar-refractivity contribution >= 4 is 44.9 Å². The number of para-hydroxylation sites is 1. The molecule has 0 spiro atoms. The molecule has 1 aromatic heterocycles. The Morgan fingerprint density at radius 1 is 0.966 bits per heavy atom. The summed E-state index contributed by atoms with van der Waals surface area (Å²) in [5, 5.41) is 2.93. The van der Waals surface area contributed by atoms with Crippen LogP contribution in [0.3, 0.4) is 0 Å². The van der Waals surface area contributed by atoms with Crippen LogP contribution in [0.25, 0.3) is 10.2 Å². The highest BCUT2D eigenvalue weighted by atomic mass is 32.2. The summed E-state index contributed by atoms with van der Waals surface area (Å²) < 4.78 is 7.94. The van der Waals surface area contributed by atoms with Crippen LogP contribution in [-0.2, 0) is 11.4 Å². The van der Waals surface area contributed by atoms with Gasteiger partial charge in [-0.3, -0.25) is 4.79 Å². The minimum atomic E-state index is -0.00318. The van der Waals surface area contributed by atoms with Crippen molar-refractivity contribution < 1.29 is 9.53 Å². The topological polar surface area (TPSA) is 51.2 Å². The van der Waals surface area contributed by atoms with E-state index in [1.165, 1.54) is 4.70 Å². The maximum atomic E-state index is 12.2. The van der Waals surface area contributed by atoms with Crippen LogP contribution in [0.1, 0.15) is 12.0 Å². The van der Waals surface area contributed by atoms with E-state index in [0.29, 0.717) is 18.8 Å². The molecule has 1 amide bonds. The second-order valence-electron chi connectivity index (χ2n) is 6.39. The number of hydrogen-bond donors (Lipinski definition) is 1. The van der Waals surface area contributed by atoms with Crippen LogP contribution in [0.2, 0.25) is 0 Å². The van der Waals surface area contributed by atoms with Gasteiger partial charge in [-0.2, -0.15) is 0 Å². The smallest absolute Gasteiger partial charge is 0.225 e. The predicted molar refractivity (Wildman–Crippen MR) is 121 cm³/mol. The zero-order valence-electron chi connectivity index (χ0n) is 15.7. The van der Waals surface area contributed by atoms with E-state index in [1.807, 2.05) is 72.8 Å². The highest BCUT2D eigenvalue weighted by molar-refractivity contribution is 8.01. The SMILES string of the molecule is O=C(CCSc1nc2ccccc2s1)Nc1ccc(OCc2ccccc2)cc1. The first kappa shape index (κ1) is 19.5. The number of thiazole rings is 1. The molecule has 6 heteroatoms. The fraction of sp³-hybridized carbons (Fsp3) is 0.130. The van der Waals surface area contributed by atoms with Crippen LogP contribution in [-0.4, -0.2) is 16.6 Å². The number of amides is 1. The second-order valence-corrected chi connectivity index (χ2v) is 8.77. The fourth-order valence-electron chi connectivity index (χ4n) is 2.74. The third-order valence-corrected chi connectivity index (χ3v) is 6.40. The van der Waals surface area contributed by atoms with E-state index >= 15 is 0 Å². The predicted octanol–water partition coefficient (Wildman–Crippen LogP) is 6.00. The first-order chi connectivity index (χ1) is 14.3. The standard InChI is InChI=1S/C23H20N2O2S2/c26-22(14-15-28-23-25-20-8-4-5-9-21(20)29-23)24-18-10-12-19(13-11-18)27-16-17-6-2-1-3-7-17/h1-13H,14-16H2,(H,24,26). The Kier molecular flexibility index (Phi) is 6.44. The van der Waals surface area contributed by atoms with Gasteiger partial charge in [0.15, 0.2) is 4.34 Å². The summed E-state index contributed by atoms with van der Waals surface area (Å²) in [5.74, 6) is 1.47. The van der Waals surface area contributed by atoms with Crippen molar-refractivity contribution in [1.29, 1.82) is 0 Å². The number of rotatable bonds is 8. The van der Waals surface area contributed by atoms with E-state index in [-0.39, 0.29) is 5.91 Å². The molecular formula is C23H20N2O2S2. The zero-order chi connectivity index (χ0) is 19.9. The molecule has 1 N–H and O–H groups in total. The Morgan fingerprint density at radius 3 is 2.52 bits per heavy atom. The van der Waals surface area contributed by atoms with Crippen molar-refractivity contribution in [3.8, 4) is 5.75 Å². The molecule has 3 aromatic carbocycles. The Hall–Kier alpha value is -2.83. The normalized spacial score (nSPS) is 10.8. The summed E-state index contributed by atoms with van der Waals surface area (Å²) in [6.07, 6.45) is 0.437. The van der Waals surface area contributed by atoms with Crippen molar-refractivity contribution in [2.45, 2.75) is 17.4 Å². The summed E-state index contributed by atoms with van der Waals surface area (Å²) in [5.41, 5.74) is 2.90. The van der Waals surface area contributed by atoms with Gasteiger partial charge in [0, 0.05) is 17.9 Å². The van der Waals surface area contributed by atoms with Gasteiger partial charge in [-0.05, 0) is 42.0 Å². The lowest BCUT2D eigenvalue weighted by molar-refractivity contribution is -0.115. The quantitative estimate of drug-likeness (QED) is 0.355. The molecule has 146 valence electrons. The summed E-state index contributed by atoms with van der Waals surface area (Å²) in [6, 6.07) is 25.6. The third kappa shape index (κ3) is 5.59. The average Bonchev–Trinajstić information content (AvgIpc) is 3.17.